The van der Waals surface area contributed by atoms with Crippen molar-refractivity contribution >= 4 is 5.91 Å². The Balaban J connectivity index is 1.74. The summed E-state index contributed by atoms with van der Waals surface area (Å²) in [5.41, 5.74) is 1.52. The molecule has 3 rings (SSSR count). The molecule has 0 aromatic carbocycles. The summed E-state index contributed by atoms with van der Waals surface area (Å²) < 4.78 is 5.85. The number of nitrogens with one attached hydrogen (secondary N) is 2. The van der Waals surface area contributed by atoms with Crippen molar-refractivity contribution in [3.8, 4) is 0 Å². The Hall–Kier alpha value is -2.21. The molecule has 2 aromatic rings. The van der Waals surface area contributed by atoms with Crippen molar-refractivity contribution < 1.29 is 9.53 Å². The molecule has 1 fully saturated rings. The van der Waals surface area contributed by atoms with E-state index in [-0.39, 0.29) is 18.1 Å². The zero-order chi connectivity index (χ0) is 14.7. The third kappa shape index (κ3) is 3.11. The van der Waals surface area contributed by atoms with Crippen molar-refractivity contribution in [1.82, 2.24) is 20.3 Å². The third-order valence-electron chi connectivity index (χ3n) is 3.62. The molecule has 0 radical (unpaired) electrons. The minimum Gasteiger partial charge on any atom is -0.371 e. The van der Waals surface area contributed by atoms with Crippen molar-refractivity contribution in [3.63, 3.8) is 0 Å². The van der Waals surface area contributed by atoms with Gasteiger partial charge in [0.05, 0.1) is 12.2 Å². The van der Waals surface area contributed by atoms with Gasteiger partial charge in [-0.15, -0.1) is 0 Å². The van der Waals surface area contributed by atoms with Crippen LogP contribution >= 0.6 is 0 Å². The van der Waals surface area contributed by atoms with Crippen LogP contribution in [0.15, 0.2) is 30.7 Å². The summed E-state index contributed by atoms with van der Waals surface area (Å²) in [6, 6.07) is 3.81. The van der Waals surface area contributed by atoms with Gasteiger partial charge in [0, 0.05) is 19.0 Å². The maximum atomic E-state index is 12.3. The highest BCUT2D eigenvalue weighted by atomic mass is 16.5. The maximum Gasteiger partial charge on any atom is 0.269 e. The van der Waals surface area contributed by atoms with Gasteiger partial charge in [-0.1, -0.05) is 0 Å². The fraction of sp³-hybridized carbons (Fsp3) is 0.400. The molecule has 1 aliphatic rings. The number of H-pyrrole nitrogens is 1. The Morgan fingerprint density at radius 2 is 2.24 bits per heavy atom. The number of carbonyl (C=O) groups excluding carboxylic acids is 1. The van der Waals surface area contributed by atoms with E-state index in [0.29, 0.717) is 12.3 Å². The van der Waals surface area contributed by atoms with Crippen molar-refractivity contribution in [1.29, 1.82) is 0 Å². The number of aromatic nitrogens is 3. The van der Waals surface area contributed by atoms with Gasteiger partial charge in [0.15, 0.2) is 0 Å². The van der Waals surface area contributed by atoms with Crippen LogP contribution in [0.1, 0.15) is 40.8 Å². The first-order valence-electron chi connectivity index (χ1n) is 7.08. The first kappa shape index (κ1) is 13.8. The zero-order valence-electron chi connectivity index (χ0n) is 11.9. The van der Waals surface area contributed by atoms with Crippen LogP contribution in [-0.2, 0) is 4.74 Å². The molecule has 2 N–H and O–H groups in total. The van der Waals surface area contributed by atoms with E-state index < -0.39 is 0 Å². The summed E-state index contributed by atoms with van der Waals surface area (Å²) in [4.78, 5) is 23.3. The summed E-state index contributed by atoms with van der Waals surface area (Å²) in [7, 11) is 0. The molecule has 110 valence electrons. The number of rotatable bonds is 3. The predicted molar refractivity (Wildman–Crippen MR) is 76.7 cm³/mol. The van der Waals surface area contributed by atoms with Gasteiger partial charge < -0.3 is 15.0 Å². The average molecular weight is 286 g/mol. The van der Waals surface area contributed by atoms with E-state index in [4.69, 9.17) is 4.74 Å². The van der Waals surface area contributed by atoms with E-state index >= 15 is 0 Å². The minimum absolute atomic E-state index is 0.0442. The van der Waals surface area contributed by atoms with Crippen LogP contribution in [0.4, 0.5) is 0 Å². The molecule has 2 aromatic heterocycles. The molecule has 0 aliphatic carbocycles. The second-order valence-electron chi connectivity index (χ2n) is 5.18. The zero-order valence-corrected chi connectivity index (χ0v) is 11.9. The van der Waals surface area contributed by atoms with Gasteiger partial charge in [0.2, 0.25) is 0 Å². The molecule has 3 heterocycles. The van der Waals surface area contributed by atoms with Crippen LogP contribution in [0.5, 0.6) is 0 Å². The van der Waals surface area contributed by atoms with Gasteiger partial charge in [-0.2, -0.15) is 0 Å². The standard InChI is InChI=1S/C15H18N4O2/c1-10-17-9-13(18-10)15(20)19-12-3-2-8-21-14(12)11-4-6-16-7-5-11/h4-7,9,12,14H,2-3,8H2,1H3,(H,17,18)(H,19,20)/t12-,14+/m0/s1. The van der Waals surface area contributed by atoms with E-state index in [1.54, 1.807) is 18.6 Å². The van der Waals surface area contributed by atoms with E-state index in [1.807, 2.05) is 19.1 Å². The van der Waals surface area contributed by atoms with Crippen LogP contribution in [0, 0.1) is 6.92 Å². The Morgan fingerprint density at radius 1 is 1.43 bits per heavy atom. The number of hydrogen-bond acceptors (Lipinski definition) is 4. The van der Waals surface area contributed by atoms with Crippen LogP contribution in [0.2, 0.25) is 0 Å². The van der Waals surface area contributed by atoms with E-state index in [2.05, 4.69) is 20.3 Å². The van der Waals surface area contributed by atoms with E-state index in [0.717, 1.165) is 24.2 Å². The molecule has 1 saturated heterocycles. The second-order valence-corrected chi connectivity index (χ2v) is 5.18. The lowest BCUT2D eigenvalue weighted by Crippen LogP contribution is -2.42. The van der Waals surface area contributed by atoms with Crippen LogP contribution < -0.4 is 5.32 Å². The fourth-order valence-corrected chi connectivity index (χ4v) is 2.59. The van der Waals surface area contributed by atoms with Crippen LogP contribution in [0.25, 0.3) is 0 Å². The topological polar surface area (TPSA) is 79.9 Å². The largest absolute Gasteiger partial charge is 0.371 e. The number of aryl methyl sites for hydroxylation is 1. The van der Waals surface area contributed by atoms with Gasteiger partial charge >= 0.3 is 0 Å². The highest BCUT2D eigenvalue weighted by molar-refractivity contribution is 5.92. The Bertz CT molecular complexity index is 611. The summed E-state index contributed by atoms with van der Waals surface area (Å²) in [5, 5.41) is 3.04. The number of ether oxygens (including phenoxy) is 1. The molecule has 0 bridgehead atoms. The van der Waals surface area contributed by atoms with Gasteiger partial charge in [-0.25, -0.2) is 4.98 Å². The number of carbonyl (C=O) groups is 1. The Labute approximate surface area is 123 Å². The highest BCUT2D eigenvalue weighted by Crippen LogP contribution is 2.28. The van der Waals surface area contributed by atoms with Gasteiger partial charge in [-0.3, -0.25) is 9.78 Å². The number of imidazole rings is 1. The van der Waals surface area contributed by atoms with Crippen LogP contribution in [0.3, 0.4) is 0 Å². The lowest BCUT2D eigenvalue weighted by atomic mass is 9.96. The SMILES string of the molecule is Cc1ncc(C(=O)N[C@H]2CCCO[C@@H]2c2ccncc2)[nH]1. The molecule has 6 heteroatoms. The predicted octanol–water partition coefficient (Wildman–Crippen LogP) is 1.76. The number of hydrogen-bond donors (Lipinski definition) is 2. The maximum absolute atomic E-state index is 12.3. The summed E-state index contributed by atoms with van der Waals surface area (Å²) in [6.07, 6.45) is 6.74. The van der Waals surface area contributed by atoms with Crippen molar-refractivity contribution in [2.75, 3.05) is 6.61 Å². The smallest absolute Gasteiger partial charge is 0.269 e. The first-order valence-corrected chi connectivity index (χ1v) is 7.08. The molecule has 0 spiro atoms. The van der Waals surface area contributed by atoms with Crippen molar-refractivity contribution in [2.24, 2.45) is 0 Å². The number of amides is 1. The average Bonchev–Trinajstić information content (AvgIpc) is 2.95. The first-order chi connectivity index (χ1) is 10.2. The molecule has 1 aliphatic heterocycles. The lowest BCUT2D eigenvalue weighted by molar-refractivity contribution is -0.00955. The van der Waals surface area contributed by atoms with Gasteiger partial charge in [0.25, 0.3) is 5.91 Å². The van der Waals surface area contributed by atoms with Crippen molar-refractivity contribution in [2.45, 2.75) is 31.9 Å². The third-order valence-corrected chi connectivity index (χ3v) is 3.62. The highest BCUT2D eigenvalue weighted by Gasteiger charge is 2.29. The quantitative estimate of drug-likeness (QED) is 0.901. The molecular formula is C15H18N4O2. The monoisotopic (exact) mass is 286 g/mol. The van der Waals surface area contributed by atoms with E-state index in [1.165, 1.54) is 0 Å². The Kier molecular flexibility index (Phi) is 3.96. The summed E-state index contributed by atoms with van der Waals surface area (Å²) in [6.45, 7) is 2.53. The van der Waals surface area contributed by atoms with Crippen molar-refractivity contribution in [3.05, 3.63) is 47.8 Å². The molecule has 0 saturated carbocycles. The lowest BCUT2D eigenvalue weighted by Gasteiger charge is -2.32. The Morgan fingerprint density at radius 3 is 2.95 bits per heavy atom. The molecule has 0 unspecified atom stereocenters. The fourth-order valence-electron chi connectivity index (χ4n) is 2.59. The summed E-state index contributed by atoms with van der Waals surface area (Å²) >= 11 is 0. The number of nitrogens with zero attached hydrogens (tertiary/aromatic N) is 2. The van der Waals surface area contributed by atoms with Crippen LogP contribution in [-0.4, -0.2) is 33.5 Å². The molecular weight excluding hydrogens is 268 g/mol. The summed E-state index contributed by atoms with van der Waals surface area (Å²) in [5.74, 6) is 0.580. The normalized spacial score (nSPS) is 22.0. The molecule has 6 nitrogen and oxygen atoms in total. The van der Waals surface area contributed by atoms with Gasteiger partial charge in [-0.05, 0) is 37.5 Å². The molecule has 2 atom stereocenters. The second kappa shape index (κ2) is 6.05. The minimum atomic E-state index is -0.148. The number of aromatic amines is 1. The van der Waals surface area contributed by atoms with E-state index in [9.17, 15) is 4.79 Å². The number of pyridine rings is 1. The molecule has 21 heavy (non-hydrogen) atoms. The molecule has 1 amide bonds. The van der Waals surface area contributed by atoms with Gasteiger partial charge in [0.1, 0.15) is 17.6 Å².